The van der Waals surface area contributed by atoms with Crippen molar-refractivity contribution in [3.63, 3.8) is 0 Å². The van der Waals surface area contributed by atoms with E-state index in [2.05, 4.69) is 4.98 Å². The molecule has 0 amide bonds. The van der Waals surface area contributed by atoms with Crippen molar-refractivity contribution in [1.82, 2.24) is 9.55 Å². The van der Waals surface area contributed by atoms with Gasteiger partial charge in [0.05, 0.1) is 24.6 Å². The van der Waals surface area contributed by atoms with E-state index >= 15 is 0 Å². The Hall–Kier alpha value is -2.96. The van der Waals surface area contributed by atoms with Crippen LogP contribution in [0.15, 0.2) is 48.5 Å². The fraction of sp³-hybridized carbons (Fsp3) is 0.263. The summed E-state index contributed by atoms with van der Waals surface area (Å²) in [6.07, 6.45) is -0.870. The Bertz CT molecular complexity index is 907. The lowest BCUT2D eigenvalue weighted by molar-refractivity contribution is -0.148. The van der Waals surface area contributed by atoms with Crippen LogP contribution in [0.25, 0.3) is 11.0 Å². The molecule has 2 aromatic carbocycles. The van der Waals surface area contributed by atoms with Gasteiger partial charge in [0.25, 0.3) is 0 Å². The van der Waals surface area contributed by atoms with Crippen LogP contribution in [-0.4, -0.2) is 22.6 Å². The van der Waals surface area contributed by atoms with Gasteiger partial charge in [-0.15, -0.1) is 0 Å². The molecule has 0 saturated heterocycles. The number of halogens is 2. The van der Waals surface area contributed by atoms with Crippen LogP contribution in [0.4, 0.5) is 8.78 Å². The van der Waals surface area contributed by atoms with E-state index in [0.717, 1.165) is 10.1 Å². The van der Waals surface area contributed by atoms with Gasteiger partial charge in [0.1, 0.15) is 5.75 Å². The molecule has 136 valence electrons. The number of fused-ring (bicyclic) bond motifs is 1. The van der Waals surface area contributed by atoms with Crippen LogP contribution in [0.2, 0.25) is 0 Å². The van der Waals surface area contributed by atoms with Gasteiger partial charge in [-0.3, -0.25) is 9.36 Å². The van der Waals surface area contributed by atoms with E-state index in [-0.39, 0.29) is 12.2 Å². The molecule has 1 atom stereocenters. The largest absolute Gasteiger partial charge is 0.497 e. The molecule has 3 aromatic rings. The predicted molar refractivity (Wildman–Crippen MR) is 92.2 cm³/mol. The van der Waals surface area contributed by atoms with Gasteiger partial charge in [0.15, 0.2) is 11.9 Å². The van der Waals surface area contributed by atoms with Crippen molar-refractivity contribution in [2.24, 2.45) is 0 Å². The molecule has 0 saturated carbocycles. The number of carbonyl (C=O) groups is 1. The number of nitrogens with zero attached hydrogens (tertiary/aromatic N) is 2. The Morgan fingerprint density at radius 2 is 1.85 bits per heavy atom. The molecule has 7 heteroatoms. The highest BCUT2D eigenvalue weighted by atomic mass is 19.3. The lowest BCUT2D eigenvalue weighted by atomic mass is 10.1. The number of benzene rings is 2. The number of ether oxygens (including phenoxy) is 2. The molecule has 0 fully saturated rings. The van der Waals surface area contributed by atoms with E-state index in [9.17, 15) is 13.6 Å². The van der Waals surface area contributed by atoms with Crippen LogP contribution in [-0.2, 0) is 16.0 Å². The summed E-state index contributed by atoms with van der Waals surface area (Å²) < 4.78 is 38.1. The van der Waals surface area contributed by atoms with Crippen molar-refractivity contribution in [1.29, 1.82) is 0 Å². The third-order valence-electron chi connectivity index (χ3n) is 4.00. The summed E-state index contributed by atoms with van der Waals surface area (Å²) in [6, 6.07) is 13.6. The van der Waals surface area contributed by atoms with Crippen LogP contribution in [0.5, 0.6) is 5.75 Å². The molecule has 1 heterocycles. The lowest BCUT2D eigenvalue weighted by Crippen LogP contribution is -2.15. The molecular formula is C19H18F2N2O3. The molecule has 0 aliphatic carbocycles. The molecule has 0 bridgehead atoms. The number of para-hydroxylation sites is 2. The quantitative estimate of drug-likeness (QED) is 0.616. The fourth-order valence-corrected chi connectivity index (χ4v) is 2.76. The molecule has 0 N–H and O–H groups in total. The topological polar surface area (TPSA) is 53.4 Å². The second kappa shape index (κ2) is 7.51. The Labute approximate surface area is 149 Å². The maximum atomic E-state index is 13.5. The minimum atomic E-state index is -2.78. The maximum Gasteiger partial charge on any atom is 0.320 e. The SMILES string of the molecule is COc1ccc(CC(=O)OC(C)c2nc3ccccc3n2C(F)F)cc1. The average Bonchev–Trinajstić information content (AvgIpc) is 3.02. The smallest absolute Gasteiger partial charge is 0.320 e. The van der Waals surface area contributed by atoms with Crippen molar-refractivity contribution >= 4 is 17.0 Å². The maximum absolute atomic E-state index is 13.5. The number of aromatic nitrogens is 2. The van der Waals surface area contributed by atoms with E-state index in [4.69, 9.17) is 9.47 Å². The molecule has 0 spiro atoms. The van der Waals surface area contributed by atoms with Gasteiger partial charge in [-0.1, -0.05) is 24.3 Å². The predicted octanol–water partition coefficient (Wildman–Crippen LogP) is 4.29. The van der Waals surface area contributed by atoms with Gasteiger partial charge in [-0.2, -0.15) is 8.78 Å². The summed E-state index contributed by atoms with van der Waals surface area (Å²) >= 11 is 0. The first kappa shape index (κ1) is 17.8. The van der Waals surface area contributed by atoms with Crippen molar-refractivity contribution < 1.29 is 23.0 Å². The van der Waals surface area contributed by atoms with Gasteiger partial charge < -0.3 is 9.47 Å². The van der Waals surface area contributed by atoms with Crippen molar-refractivity contribution in [2.45, 2.75) is 26.0 Å². The van der Waals surface area contributed by atoms with Crippen LogP contribution in [0.3, 0.4) is 0 Å². The monoisotopic (exact) mass is 360 g/mol. The van der Waals surface area contributed by atoms with Gasteiger partial charge in [-0.25, -0.2) is 4.98 Å². The zero-order valence-corrected chi connectivity index (χ0v) is 14.4. The number of hydrogen-bond donors (Lipinski definition) is 0. The number of carbonyl (C=O) groups excluding carboxylic acids is 1. The van der Waals surface area contributed by atoms with Crippen molar-refractivity contribution in [2.75, 3.05) is 7.11 Å². The summed E-state index contributed by atoms with van der Waals surface area (Å²) in [4.78, 5) is 16.4. The molecule has 0 aliphatic heterocycles. The Balaban J connectivity index is 1.76. The van der Waals surface area contributed by atoms with Gasteiger partial charge >= 0.3 is 12.5 Å². The highest BCUT2D eigenvalue weighted by Gasteiger charge is 2.24. The molecule has 1 unspecified atom stereocenters. The van der Waals surface area contributed by atoms with Crippen LogP contribution in [0, 0.1) is 0 Å². The zero-order valence-electron chi connectivity index (χ0n) is 14.4. The fourth-order valence-electron chi connectivity index (χ4n) is 2.76. The summed E-state index contributed by atoms with van der Waals surface area (Å²) in [5.41, 5.74) is 1.47. The summed E-state index contributed by atoms with van der Waals surface area (Å²) in [5, 5.41) is 0. The van der Waals surface area contributed by atoms with E-state index in [1.165, 1.54) is 6.92 Å². The molecule has 26 heavy (non-hydrogen) atoms. The normalized spacial score (nSPS) is 12.3. The second-order valence-corrected chi connectivity index (χ2v) is 5.76. The Kier molecular flexibility index (Phi) is 5.16. The standard InChI is InChI=1S/C19H18F2N2O3/c1-12(26-17(24)11-13-7-9-14(25-2)10-8-13)18-22-15-5-3-4-6-16(15)23(18)19(20)21/h3-10,12,19H,11H2,1-2H3. The van der Waals surface area contributed by atoms with Crippen molar-refractivity contribution in [3.05, 3.63) is 59.9 Å². The molecule has 3 rings (SSSR count). The van der Waals surface area contributed by atoms with Crippen LogP contribution < -0.4 is 4.74 Å². The second-order valence-electron chi connectivity index (χ2n) is 5.76. The Morgan fingerprint density at radius 3 is 2.50 bits per heavy atom. The zero-order chi connectivity index (χ0) is 18.7. The van der Waals surface area contributed by atoms with Gasteiger partial charge in [0.2, 0.25) is 0 Å². The van der Waals surface area contributed by atoms with Crippen LogP contribution in [0.1, 0.15) is 31.0 Å². The number of rotatable bonds is 6. The highest BCUT2D eigenvalue weighted by Crippen LogP contribution is 2.28. The van der Waals surface area contributed by atoms with E-state index < -0.39 is 18.6 Å². The molecule has 0 aliphatic rings. The van der Waals surface area contributed by atoms with Gasteiger partial charge in [-0.05, 0) is 36.8 Å². The Morgan fingerprint density at radius 1 is 1.15 bits per heavy atom. The minimum Gasteiger partial charge on any atom is -0.497 e. The third kappa shape index (κ3) is 3.66. The average molecular weight is 360 g/mol. The first-order valence-electron chi connectivity index (χ1n) is 8.07. The van der Waals surface area contributed by atoms with E-state index in [1.54, 1.807) is 55.6 Å². The van der Waals surface area contributed by atoms with Gasteiger partial charge in [0, 0.05) is 0 Å². The molecular weight excluding hydrogens is 342 g/mol. The highest BCUT2D eigenvalue weighted by molar-refractivity contribution is 5.76. The number of methoxy groups -OCH3 is 1. The number of alkyl halides is 2. The number of hydrogen-bond acceptors (Lipinski definition) is 4. The number of imidazole rings is 1. The van der Waals surface area contributed by atoms with E-state index in [1.807, 2.05) is 0 Å². The van der Waals surface area contributed by atoms with Crippen LogP contribution >= 0.6 is 0 Å². The molecule has 0 radical (unpaired) electrons. The van der Waals surface area contributed by atoms with E-state index in [0.29, 0.717) is 16.8 Å². The summed E-state index contributed by atoms with van der Waals surface area (Å²) in [7, 11) is 1.56. The summed E-state index contributed by atoms with van der Waals surface area (Å²) in [5.74, 6) is 0.181. The summed E-state index contributed by atoms with van der Waals surface area (Å²) in [6.45, 7) is -1.24. The first-order chi connectivity index (χ1) is 12.5. The molecule has 1 aromatic heterocycles. The minimum absolute atomic E-state index is 0.0179. The first-order valence-corrected chi connectivity index (χ1v) is 8.07. The third-order valence-corrected chi connectivity index (χ3v) is 4.00. The lowest BCUT2D eigenvalue weighted by Gasteiger charge is -2.15. The molecule has 5 nitrogen and oxygen atoms in total. The number of esters is 1. The van der Waals surface area contributed by atoms with Crippen molar-refractivity contribution in [3.8, 4) is 5.75 Å².